The Morgan fingerprint density at radius 2 is 2.11 bits per heavy atom. The smallest absolute Gasteiger partial charge is 0.0713 e. The van der Waals surface area contributed by atoms with E-state index in [2.05, 4.69) is 41.6 Å². The molecule has 0 aliphatic heterocycles. The molecule has 0 bridgehead atoms. The van der Waals surface area contributed by atoms with E-state index in [-0.39, 0.29) is 6.04 Å². The van der Waals surface area contributed by atoms with Crippen molar-refractivity contribution in [2.24, 2.45) is 7.05 Å². The first kappa shape index (κ1) is 13.8. The zero-order chi connectivity index (χ0) is 13.7. The topological polar surface area (TPSA) is 39.1 Å². The molecule has 19 heavy (non-hydrogen) atoms. The van der Waals surface area contributed by atoms with Crippen molar-refractivity contribution in [2.45, 2.75) is 26.1 Å². The van der Waals surface area contributed by atoms with Crippen LogP contribution in [0.1, 0.15) is 29.8 Å². The number of benzene rings is 1. The van der Waals surface area contributed by atoms with Crippen LogP contribution >= 0.6 is 0 Å². The first-order chi connectivity index (χ1) is 9.20. The molecule has 0 aliphatic rings. The number of hydrogen-bond donors (Lipinski definition) is 1. The van der Waals surface area contributed by atoms with Crippen molar-refractivity contribution >= 4 is 0 Å². The number of aryl methyl sites for hydroxylation is 1. The molecule has 0 aliphatic carbocycles. The van der Waals surface area contributed by atoms with E-state index in [1.165, 1.54) is 16.8 Å². The summed E-state index contributed by atoms with van der Waals surface area (Å²) in [6, 6.07) is 10.8. The Kier molecular flexibility index (Phi) is 4.71. The average molecular weight is 259 g/mol. The second-order valence-electron chi connectivity index (χ2n) is 4.74. The van der Waals surface area contributed by atoms with E-state index < -0.39 is 0 Å². The minimum absolute atomic E-state index is 0.276. The van der Waals surface area contributed by atoms with E-state index in [1.54, 1.807) is 7.11 Å². The molecule has 2 rings (SSSR count). The summed E-state index contributed by atoms with van der Waals surface area (Å²) in [6.07, 6.45) is 1.83. The highest BCUT2D eigenvalue weighted by Gasteiger charge is 2.08. The van der Waals surface area contributed by atoms with E-state index in [0.29, 0.717) is 6.61 Å². The van der Waals surface area contributed by atoms with Crippen LogP contribution in [0.15, 0.2) is 36.5 Å². The van der Waals surface area contributed by atoms with Crippen LogP contribution < -0.4 is 5.32 Å². The maximum absolute atomic E-state index is 5.15. The number of nitrogens with one attached hydrogen (secondary N) is 1. The van der Waals surface area contributed by atoms with E-state index in [1.807, 2.05) is 24.0 Å². The number of rotatable bonds is 6. The molecule has 0 fully saturated rings. The van der Waals surface area contributed by atoms with Crippen LogP contribution in [0, 0.1) is 0 Å². The summed E-state index contributed by atoms with van der Waals surface area (Å²) in [5.74, 6) is 0. The molecule has 0 amide bonds. The summed E-state index contributed by atoms with van der Waals surface area (Å²) in [4.78, 5) is 0. The molecule has 0 radical (unpaired) electrons. The van der Waals surface area contributed by atoms with Gasteiger partial charge in [-0.15, -0.1) is 0 Å². The fourth-order valence-electron chi connectivity index (χ4n) is 2.18. The predicted octanol–water partition coefficient (Wildman–Crippen LogP) is 2.42. The van der Waals surface area contributed by atoms with Crippen molar-refractivity contribution in [3.8, 4) is 0 Å². The van der Waals surface area contributed by atoms with Crippen molar-refractivity contribution in [2.75, 3.05) is 7.11 Å². The third-order valence-electron chi connectivity index (χ3n) is 3.22. The highest BCUT2D eigenvalue weighted by Crippen LogP contribution is 2.12. The quantitative estimate of drug-likeness (QED) is 0.866. The summed E-state index contributed by atoms with van der Waals surface area (Å²) in [5, 5.41) is 7.70. The van der Waals surface area contributed by atoms with Crippen LogP contribution in [0.4, 0.5) is 0 Å². The molecule has 2 aromatic rings. The normalized spacial score (nSPS) is 12.6. The lowest BCUT2D eigenvalue weighted by Crippen LogP contribution is -2.20. The Balaban J connectivity index is 1.95. The summed E-state index contributed by atoms with van der Waals surface area (Å²) in [6.45, 7) is 3.64. The molecule has 4 heteroatoms. The monoisotopic (exact) mass is 259 g/mol. The van der Waals surface area contributed by atoms with Crippen LogP contribution in [0.2, 0.25) is 0 Å². The molecule has 102 valence electrons. The van der Waals surface area contributed by atoms with Gasteiger partial charge in [-0.2, -0.15) is 5.10 Å². The SMILES string of the molecule is COCc1cccc(CNC(C)c2ccnn2C)c1. The third kappa shape index (κ3) is 3.66. The van der Waals surface area contributed by atoms with Gasteiger partial charge in [0.25, 0.3) is 0 Å². The van der Waals surface area contributed by atoms with Gasteiger partial charge in [-0.05, 0) is 24.1 Å². The Labute approximate surface area is 114 Å². The molecule has 1 atom stereocenters. The van der Waals surface area contributed by atoms with Crippen LogP contribution in [0.3, 0.4) is 0 Å². The lowest BCUT2D eigenvalue weighted by molar-refractivity contribution is 0.185. The fraction of sp³-hybridized carbons (Fsp3) is 0.400. The summed E-state index contributed by atoms with van der Waals surface area (Å²) in [5.41, 5.74) is 3.66. The number of ether oxygens (including phenoxy) is 1. The predicted molar refractivity (Wildman–Crippen MR) is 75.6 cm³/mol. The number of nitrogens with zero attached hydrogens (tertiary/aromatic N) is 2. The first-order valence-electron chi connectivity index (χ1n) is 6.48. The Bertz CT molecular complexity index is 522. The van der Waals surface area contributed by atoms with Crippen molar-refractivity contribution in [1.29, 1.82) is 0 Å². The largest absolute Gasteiger partial charge is 0.380 e. The molecule has 1 N–H and O–H groups in total. The van der Waals surface area contributed by atoms with Crippen LogP contribution in [0.5, 0.6) is 0 Å². The molecule has 0 saturated heterocycles. The van der Waals surface area contributed by atoms with Gasteiger partial charge in [-0.3, -0.25) is 4.68 Å². The lowest BCUT2D eigenvalue weighted by Gasteiger charge is -2.14. The molecule has 4 nitrogen and oxygen atoms in total. The highest BCUT2D eigenvalue weighted by molar-refractivity contribution is 5.23. The maximum atomic E-state index is 5.15. The molecule has 1 unspecified atom stereocenters. The van der Waals surface area contributed by atoms with Gasteiger partial charge >= 0.3 is 0 Å². The van der Waals surface area contributed by atoms with E-state index >= 15 is 0 Å². The molecular weight excluding hydrogens is 238 g/mol. The van der Waals surface area contributed by atoms with Crippen molar-refractivity contribution < 1.29 is 4.74 Å². The van der Waals surface area contributed by atoms with Crippen molar-refractivity contribution in [3.63, 3.8) is 0 Å². The minimum Gasteiger partial charge on any atom is -0.380 e. The number of methoxy groups -OCH3 is 1. The zero-order valence-corrected chi connectivity index (χ0v) is 11.8. The zero-order valence-electron chi connectivity index (χ0n) is 11.8. The van der Waals surface area contributed by atoms with E-state index in [9.17, 15) is 0 Å². The molecule has 0 spiro atoms. The first-order valence-corrected chi connectivity index (χ1v) is 6.48. The highest BCUT2D eigenvalue weighted by atomic mass is 16.5. The fourth-order valence-corrected chi connectivity index (χ4v) is 2.18. The van der Waals surface area contributed by atoms with Crippen LogP contribution in [-0.4, -0.2) is 16.9 Å². The van der Waals surface area contributed by atoms with Crippen molar-refractivity contribution in [3.05, 3.63) is 53.3 Å². The van der Waals surface area contributed by atoms with Gasteiger partial charge in [0.2, 0.25) is 0 Å². The second kappa shape index (κ2) is 6.50. The van der Waals surface area contributed by atoms with Gasteiger partial charge in [0.15, 0.2) is 0 Å². The van der Waals surface area contributed by atoms with Gasteiger partial charge in [0, 0.05) is 32.9 Å². The summed E-state index contributed by atoms with van der Waals surface area (Å²) >= 11 is 0. The van der Waals surface area contributed by atoms with Gasteiger partial charge < -0.3 is 10.1 Å². The van der Waals surface area contributed by atoms with Gasteiger partial charge in [-0.1, -0.05) is 24.3 Å². The van der Waals surface area contributed by atoms with Crippen LogP contribution in [0.25, 0.3) is 0 Å². The molecule has 1 heterocycles. The third-order valence-corrected chi connectivity index (χ3v) is 3.22. The van der Waals surface area contributed by atoms with E-state index in [0.717, 1.165) is 6.54 Å². The Morgan fingerprint density at radius 3 is 2.79 bits per heavy atom. The standard InChI is InChI=1S/C15H21N3O/c1-12(15-7-8-17-18(15)2)16-10-13-5-4-6-14(9-13)11-19-3/h4-9,12,16H,10-11H2,1-3H3. The minimum atomic E-state index is 0.276. The summed E-state index contributed by atoms with van der Waals surface area (Å²) < 4.78 is 7.05. The average Bonchev–Trinajstić information content (AvgIpc) is 2.83. The second-order valence-corrected chi connectivity index (χ2v) is 4.74. The van der Waals surface area contributed by atoms with Gasteiger partial charge in [-0.25, -0.2) is 0 Å². The number of aromatic nitrogens is 2. The number of hydrogen-bond acceptors (Lipinski definition) is 3. The van der Waals surface area contributed by atoms with Gasteiger partial charge in [0.1, 0.15) is 0 Å². The van der Waals surface area contributed by atoms with Crippen LogP contribution in [-0.2, 0) is 24.9 Å². The molecule has 0 saturated carbocycles. The molecule has 1 aromatic carbocycles. The molecular formula is C15H21N3O. The Morgan fingerprint density at radius 1 is 1.32 bits per heavy atom. The summed E-state index contributed by atoms with van der Waals surface area (Å²) in [7, 11) is 3.68. The van der Waals surface area contributed by atoms with Gasteiger partial charge in [0.05, 0.1) is 12.3 Å². The van der Waals surface area contributed by atoms with E-state index in [4.69, 9.17) is 4.74 Å². The van der Waals surface area contributed by atoms with Crippen molar-refractivity contribution in [1.82, 2.24) is 15.1 Å². The lowest BCUT2D eigenvalue weighted by atomic mass is 10.1. The molecule has 1 aromatic heterocycles. The Hall–Kier alpha value is -1.65. The maximum Gasteiger partial charge on any atom is 0.0713 e.